The molecule has 0 saturated carbocycles. The van der Waals surface area contributed by atoms with Crippen LogP contribution in [0.3, 0.4) is 0 Å². The van der Waals surface area contributed by atoms with E-state index in [1.54, 1.807) is 6.92 Å². The third-order valence-electron chi connectivity index (χ3n) is 7.05. The lowest BCUT2D eigenvalue weighted by Gasteiger charge is -2.23. The van der Waals surface area contributed by atoms with Crippen LogP contribution in [0.1, 0.15) is 62.7 Å². The van der Waals surface area contributed by atoms with Crippen LogP contribution in [-0.4, -0.2) is 102 Å². The van der Waals surface area contributed by atoms with Crippen LogP contribution in [0.15, 0.2) is 30.4 Å². The van der Waals surface area contributed by atoms with E-state index < -0.39 is 54.3 Å². The van der Waals surface area contributed by atoms with Crippen molar-refractivity contribution in [2.75, 3.05) is 37.9 Å². The summed E-state index contributed by atoms with van der Waals surface area (Å²) in [6.45, 7) is 6.45. The van der Waals surface area contributed by atoms with Gasteiger partial charge in [-0.1, -0.05) is 22.5 Å². The molecular weight excluding hydrogens is 696 g/mol. The number of carbonyl (C=O) groups is 7. The highest BCUT2D eigenvalue weighted by Gasteiger charge is 2.26. The van der Waals surface area contributed by atoms with Crippen molar-refractivity contribution in [3.8, 4) is 5.75 Å². The van der Waals surface area contributed by atoms with Gasteiger partial charge in [0, 0.05) is 42.7 Å². The molecule has 6 amide bonds. The second-order valence-corrected chi connectivity index (χ2v) is 11.4. The minimum absolute atomic E-state index is 0.0683. The van der Waals surface area contributed by atoms with E-state index >= 15 is 0 Å². The Morgan fingerprint density at radius 3 is 2.31 bits per heavy atom. The number of unbranched alkanes of at least 4 members (excludes halogenated alkanes) is 1. The summed E-state index contributed by atoms with van der Waals surface area (Å²) in [4.78, 5) is 86.2. The zero-order valence-electron chi connectivity index (χ0n) is 27.6. The Hall–Kier alpha value is -4.67. The number of nitrogens with two attached hydrogens (primary N) is 1. The molecule has 17 heteroatoms. The first-order valence-corrected chi connectivity index (χ1v) is 16.3. The molecule has 0 aliphatic heterocycles. The number of primary amides is 1. The fourth-order valence-corrected chi connectivity index (χ4v) is 4.33. The van der Waals surface area contributed by atoms with Crippen LogP contribution in [0.25, 0.3) is 0 Å². The van der Waals surface area contributed by atoms with Gasteiger partial charge in [0.1, 0.15) is 17.8 Å². The predicted octanol–water partition coefficient (Wildman–Crippen LogP) is 1.67. The summed E-state index contributed by atoms with van der Waals surface area (Å²) in [6, 6.07) is 1.25. The summed E-state index contributed by atoms with van der Waals surface area (Å²) >= 11 is 3.14. The number of aliphatic carboxylic acids is 1. The highest BCUT2D eigenvalue weighted by atomic mass is 79.9. The van der Waals surface area contributed by atoms with Crippen molar-refractivity contribution in [2.24, 2.45) is 5.73 Å². The van der Waals surface area contributed by atoms with Crippen molar-refractivity contribution in [1.82, 2.24) is 20.9 Å². The number of rotatable bonds is 21. The van der Waals surface area contributed by atoms with Crippen molar-refractivity contribution in [2.45, 2.75) is 70.6 Å². The first kappa shape index (κ1) is 41.4. The first-order chi connectivity index (χ1) is 22.6. The molecule has 266 valence electrons. The summed E-state index contributed by atoms with van der Waals surface area (Å²) in [5, 5.41) is 19.7. The van der Waals surface area contributed by atoms with Gasteiger partial charge < -0.3 is 46.5 Å². The lowest BCUT2D eigenvalue weighted by molar-refractivity contribution is -0.144. The van der Waals surface area contributed by atoms with E-state index in [1.165, 1.54) is 39.3 Å². The number of hydrogen-bond donors (Lipinski definition) is 6. The van der Waals surface area contributed by atoms with Gasteiger partial charge in [-0.25, -0.2) is 14.4 Å². The quantitative estimate of drug-likeness (QED) is 0.0462. The number of likely N-dealkylation sites (N-methyl/N-ethyl adjacent to an activating group) is 1. The molecule has 0 spiro atoms. The largest absolute Gasteiger partial charge is 0.496 e. The Morgan fingerprint density at radius 2 is 1.71 bits per heavy atom. The molecule has 3 atom stereocenters. The number of hydrogen-bond acceptors (Lipinski definition) is 9. The number of nitrogens with zero attached hydrogens (tertiary/aromatic N) is 1. The molecular formula is C31H45BrN6O10. The number of urea groups is 1. The van der Waals surface area contributed by atoms with E-state index in [0.29, 0.717) is 30.2 Å². The summed E-state index contributed by atoms with van der Waals surface area (Å²) in [6.07, 6.45) is 1.81. The van der Waals surface area contributed by atoms with E-state index in [9.17, 15) is 38.7 Å². The average Bonchev–Trinajstić information content (AvgIpc) is 3.05. The van der Waals surface area contributed by atoms with E-state index in [1.807, 2.05) is 0 Å². The SMILES string of the molecule is C=C(CBr)C(=O)OC(C)CCCCC(=O)NCC(=O)NC(CCCNC(N)=O)C(=O)Nc1ccc(C(=O)N(C)[C@@H](C)C(=O)O)c(OC)c1. The molecule has 0 heterocycles. The molecule has 1 rings (SSSR count). The fraction of sp³-hybridized carbons (Fsp3) is 0.516. The van der Waals surface area contributed by atoms with E-state index in [0.717, 1.165) is 4.90 Å². The Kier molecular flexibility index (Phi) is 18.3. The molecule has 0 aliphatic rings. The van der Waals surface area contributed by atoms with Crippen molar-refractivity contribution in [3.63, 3.8) is 0 Å². The van der Waals surface area contributed by atoms with E-state index in [4.69, 9.17) is 15.2 Å². The molecule has 0 saturated heterocycles. The number of alkyl halides is 1. The Morgan fingerprint density at radius 1 is 1.02 bits per heavy atom. The lowest BCUT2D eigenvalue weighted by atomic mass is 10.1. The van der Waals surface area contributed by atoms with Crippen LogP contribution in [0.2, 0.25) is 0 Å². The topological polar surface area (TPSA) is 236 Å². The molecule has 0 radical (unpaired) electrons. The number of nitrogens with one attached hydrogen (secondary N) is 4. The number of halogens is 1. The normalized spacial score (nSPS) is 12.4. The van der Waals surface area contributed by atoms with Crippen LogP contribution in [0.4, 0.5) is 10.5 Å². The number of carbonyl (C=O) groups excluding carboxylic acids is 6. The number of carboxylic acid groups (broad SMARTS) is 1. The number of ether oxygens (including phenoxy) is 2. The van der Waals surface area contributed by atoms with Crippen molar-refractivity contribution < 1.29 is 48.1 Å². The van der Waals surface area contributed by atoms with Crippen LogP contribution in [0, 0.1) is 0 Å². The standard InChI is InChI=1S/C31H45BrN6O10/c1-18(16-32)30(45)48-19(2)9-6-7-11-25(39)35-17-26(40)37-23(10-8-14-34-31(33)46)27(41)36-21-12-13-22(24(15-21)47-5)28(42)38(4)20(3)29(43)44/h12-13,15,19-20,23H,1,6-11,14,16-17H2,2-5H3,(H,35,39)(H,36,41)(H,37,40)(H,43,44)(H3,33,34,46)/t19?,20-,23?/m0/s1. The van der Waals surface area contributed by atoms with Crippen molar-refractivity contribution >= 4 is 63.2 Å². The van der Waals surface area contributed by atoms with Crippen LogP contribution < -0.4 is 31.7 Å². The smallest absolute Gasteiger partial charge is 0.334 e. The number of esters is 1. The van der Waals surface area contributed by atoms with Gasteiger partial charge in [-0.15, -0.1) is 0 Å². The molecule has 7 N–H and O–H groups in total. The minimum Gasteiger partial charge on any atom is -0.496 e. The summed E-state index contributed by atoms with van der Waals surface area (Å²) in [7, 11) is 2.65. The van der Waals surface area contributed by atoms with Crippen LogP contribution in [0.5, 0.6) is 5.75 Å². The van der Waals surface area contributed by atoms with E-state index in [-0.39, 0.29) is 54.8 Å². The maximum atomic E-state index is 13.2. The van der Waals surface area contributed by atoms with Gasteiger partial charge in [-0.05, 0) is 58.1 Å². The lowest BCUT2D eigenvalue weighted by Crippen LogP contribution is -2.47. The number of carboxylic acids is 1. The average molecular weight is 742 g/mol. The zero-order chi connectivity index (χ0) is 36.4. The Bertz CT molecular complexity index is 1340. The van der Waals surface area contributed by atoms with Gasteiger partial charge in [0.15, 0.2) is 0 Å². The summed E-state index contributed by atoms with van der Waals surface area (Å²) in [5.41, 5.74) is 5.69. The minimum atomic E-state index is -1.19. The maximum Gasteiger partial charge on any atom is 0.334 e. The third kappa shape index (κ3) is 14.8. The van der Waals surface area contributed by atoms with Gasteiger partial charge in [-0.2, -0.15) is 0 Å². The highest BCUT2D eigenvalue weighted by molar-refractivity contribution is 9.09. The molecule has 0 aromatic heterocycles. The maximum absolute atomic E-state index is 13.2. The zero-order valence-corrected chi connectivity index (χ0v) is 29.1. The van der Waals surface area contributed by atoms with Gasteiger partial charge in [0.25, 0.3) is 5.91 Å². The Balaban J connectivity index is 2.79. The van der Waals surface area contributed by atoms with Gasteiger partial charge in [-0.3, -0.25) is 19.2 Å². The third-order valence-corrected chi connectivity index (χ3v) is 7.72. The van der Waals surface area contributed by atoms with Crippen molar-refractivity contribution in [1.29, 1.82) is 0 Å². The number of anilines is 1. The molecule has 1 aromatic carbocycles. The second-order valence-electron chi connectivity index (χ2n) is 10.9. The molecule has 16 nitrogen and oxygen atoms in total. The summed E-state index contributed by atoms with van der Waals surface area (Å²) in [5.74, 6) is -3.84. The molecule has 0 aliphatic carbocycles. The number of methoxy groups -OCH3 is 1. The molecule has 0 fully saturated rings. The fourth-order valence-electron chi connectivity index (χ4n) is 4.10. The Labute approximate surface area is 287 Å². The van der Waals surface area contributed by atoms with Gasteiger partial charge in [0.2, 0.25) is 17.7 Å². The van der Waals surface area contributed by atoms with Crippen LogP contribution >= 0.6 is 15.9 Å². The van der Waals surface area contributed by atoms with Crippen molar-refractivity contribution in [3.05, 3.63) is 35.9 Å². The van der Waals surface area contributed by atoms with E-state index in [2.05, 4.69) is 43.8 Å². The van der Waals surface area contributed by atoms with Crippen LogP contribution in [-0.2, 0) is 28.7 Å². The molecule has 1 aromatic rings. The van der Waals surface area contributed by atoms with Gasteiger partial charge >= 0.3 is 18.0 Å². The van der Waals surface area contributed by atoms with Gasteiger partial charge in [0.05, 0.1) is 25.3 Å². The molecule has 48 heavy (non-hydrogen) atoms. The first-order valence-electron chi connectivity index (χ1n) is 15.1. The highest BCUT2D eigenvalue weighted by Crippen LogP contribution is 2.25. The number of amides is 6. The second kappa shape index (κ2) is 21.3. The predicted molar refractivity (Wildman–Crippen MR) is 180 cm³/mol. The monoisotopic (exact) mass is 740 g/mol. The molecule has 2 unspecified atom stereocenters. The number of benzene rings is 1. The molecule has 0 bridgehead atoms. The summed E-state index contributed by atoms with van der Waals surface area (Å²) < 4.78 is 10.6.